The zero-order chi connectivity index (χ0) is 14.0. The number of hydrogen-bond donors (Lipinski definition) is 1. The molecule has 0 saturated carbocycles. The van der Waals surface area contributed by atoms with Crippen LogP contribution in [0.25, 0.3) is 0 Å². The first-order valence-corrected chi connectivity index (χ1v) is 6.29. The maximum absolute atomic E-state index is 13.2. The molecular formula is C14H11BrFNO2. The van der Waals surface area contributed by atoms with Crippen LogP contribution in [0.2, 0.25) is 0 Å². The highest BCUT2D eigenvalue weighted by Gasteiger charge is 2.07. The number of amides is 1. The third kappa shape index (κ3) is 3.32. The number of primary amides is 1. The Morgan fingerprint density at radius 1 is 1.21 bits per heavy atom. The minimum Gasteiger partial charge on any atom is -0.457 e. The van der Waals surface area contributed by atoms with Gasteiger partial charge in [0.05, 0.1) is 0 Å². The first-order chi connectivity index (χ1) is 8.95. The fourth-order valence-corrected chi connectivity index (χ4v) is 2.14. The molecule has 2 aromatic rings. The van der Waals surface area contributed by atoms with E-state index in [0.29, 0.717) is 27.1 Å². The molecule has 2 N–H and O–H groups in total. The Labute approximate surface area is 118 Å². The van der Waals surface area contributed by atoms with Crippen LogP contribution >= 0.6 is 15.9 Å². The van der Waals surface area contributed by atoms with Crippen LogP contribution in [0.3, 0.4) is 0 Å². The highest BCUT2D eigenvalue weighted by Crippen LogP contribution is 2.27. The fourth-order valence-electron chi connectivity index (χ4n) is 1.70. The lowest BCUT2D eigenvalue weighted by Crippen LogP contribution is -2.12. The predicted octanol–water partition coefficient (Wildman–Crippen LogP) is 3.79. The van der Waals surface area contributed by atoms with Crippen molar-refractivity contribution in [2.45, 2.75) is 6.92 Å². The predicted molar refractivity (Wildman–Crippen MR) is 73.9 cm³/mol. The summed E-state index contributed by atoms with van der Waals surface area (Å²) in [4.78, 5) is 11.1. The molecule has 0 radical (unpaired) electrons. The summed E-state index contributed by atoms with van der Waals surface area (Å²) >= 11 is 3.19. The zero-order valence-corrected chi connectivity index (χ0v) is 11.7. The zero-order valence-electron chi connectivity index (χ0n) is 10.1. The molecule has 0 atom stereocenters. The Hall–Kier alpha value is -1.88. The topological polar surface area (TPSA) is 52.3 Å². The number of carbonyl (C=O) groups excluding carboxylic acids is 1. The summed E-state index contributed by atoms with van der Waals surface area (Å²) in [7, 11) is 0. The summed E-state index contributed by atoms with van der Waals surface area (Å²) < 4.78 is 19.3. The summed E-state index contributed by atoms with van der Waals surface area (Å²) in [6.45, 7) is 1.76. The third-order valence-electron chi connectivity index (χ3n) is 2.54. The van der Waals surface area contributed by atoms with Crippen molar-refractivity contribution in [1.29, 1.82) is 0 Å². The van der Waals surface area contributed by atoms with Crippen molar-refractivity contribution in [1.82, 2.24) is 0 Å². The van der Waals surface area contributed by atoms with E-state index in [9.17, 15) is 9.18 Å². The second-order valence-corrected chi connectivity index (χ2v) is 4.96. The van der Waals surface area contributed by atoms with E-state index in [-0.39, 0.29) is 0 Å². The Morgan fingerprint density at radius 3 is 2.53 bits per heavy atom. The van der Waals surface area contributed by atoms with E-state index in [1.54, 1.807) is 31.2 Å². The molecule has 2 rings (SSSR count). The van der Waals surface area contributed by atoms with Gasteiger partial charge in [-0.1, -0.05) is 15.9 Å². The molecule has 1 amide bonds. The number of halogens is 2. The quantitative estimate of drug-likeness (QED) is 0.934. The van der Waals surface area contributed by atoms with E-state index >= 15 is 0 Å². The van der Waals surface area contributed by atoms with Crippen LogP contribution in [0.5, 0.6) is 11.5 Å². The maximum Gasteiger partial charge on any atom is 0.248 e. The molecule has 0 heterocycles. The number of aryl methyl sites for hydroxylation is 1. The Bertz CT molecular complexity index is 623. The molecule has 3 nitrogen and oxygen atoms in total. The number of rotatable bonds is 3. The summed E-state index contributed by atoms with van der Waals surface area (Å²) in [5.41, 5.74) is 6.37. The van der Waals surface area contributed by atoms with Gasteiger partial charge in [-0.15, -0.1) is 0 Å². The van der Waals surface area contributed by atoms with Crippen LogP contribution in [-0.4, -0.2) is 5.91 Å². The van der Waals surface area contributed by atoms with E-state index in [2.05, 4.69) is 15.9 Å². The van der Waals surface area contributed by atoms with Crippen molar-refractivity contribution in [3.05, 3.63) is 57.8 Å². The minimum absolute atomic E-state index is 0.373. The van der Waals surface area contributed by atoms with Crippen molar-refractivity contribution in [2.75, 3.05) is 0 Å². The van der Waals surface area contributed by atoms with Gasteiger partial charge >= 0.3 is 0 Å². The van der Waals surface area contributed by atoms with E-state index < -0.39 is 11.7 Å². The summed E-state index contributed by atoms with van der Waals surface area (Å²) in [6, 6.07) is 9.16. The van der Waals surface area contributed by atoms with Gasteiger partial charge in [0.25, 0.3) is 0 Å². The largest absolute Gasteiger partial charge is 0.457 e. The molecule has 19 heavy (non-hydrogen) atoms. The second kappa shape index (κ2) is 5.40. The average molecular weight is 324 g/mol. The molecule has 0 aliphatic heterocycles. The van der Waals surface area contributed by atoms with Crippen molar-refractivity contribution in [2.24, 2.45) is 5.73 Å². The molecule has 0 aliphatic rings. The molecule has 0 aromatic heterocycles. The van der Waals surface area contributed by atoms with Gasteiger partial charge in [0.1, 0.15) is 17.3 Å². The van der Waals surface area contributed by atoms with Gasteiger partial charge in [-0.2, -0.15) is 0 Å². The van der Waals surface area contributed by atoms with Crippen LogP contribution in [-0.2, 0) is 0 Å². The highest BCUT2D eigenvalue weighted by molar-refractivity contribution is 9.10. The summed E-state index contributed by atoms with van der Waals surface area (Å²) in [6.07, 6.45) is 0. The molecule has 2 aromatic carbocycles. The summed E-state index contributed by atoms with van der Waals surface area (Å²) in [5, 5.41) is 0. The molecule has 5 heteroatoms. The van der Waals surface area contributed by atoms with Crippen LogP contribution in [0.1, 0.15) is 15.9 Å². The van der Waals surface area contributed by atoms with Gasteiger partial charge in [0, 0.05) is 16.1 Å². The molecule has 0 unspecified atom stereocenters. The van der Waals surface area contributed by atoms with Gasteiger partial charge < -0.3 is 10.5 Å². The van der Waals surface area contributed by atoms with Crippen LogP contribution in [0.15, 0.2) is 40.9 Å². The van der Waals surface area contributed by atoms with Gasteiger partial charge in [0.2, 0.25) is 5.91 Å². The van der Waals surface area contributed by atoms with Crippen LogP contribution < -0.4 is 10.5 Å². The van der Waals surface area contributed by atoms with Crippen molar-refractivity contribution >= 4 is 21.8 Å². The SMILES string of the molecule is Cc1cc(Oc2cc(F)cc(Br)c2)ccc1C(N)=O. The van der Waals surface area contributed by atoms with Crippen LogP contribution in [0.4, 0.5) is 4.39 Å². The number of nitrogens with two attached hydrogens (primary N) is 1. The van der Waals surface area contributed by atoms with Crippen molar-refractivity contribution in [3.8, 4) is 11.5 Å². The Kier molecular flexibility index (Phi) is 3.85. The Balaban J connectivity index is 2.28. The maximum atomic E-state index is 13.2. The summed E-state index contributed by atoms with van der Waals surface area (Å²) in [5.74, 6) is 0.00510. The lowest BCUT2D eigenvalue weighted by Gasteiger charge is -2.09. The molecule has 0 bridgehead atoms. The smallest absolute Gasteiger partial charge is 0.248 e. The van der Waals surface area contributed by atoms with E-state index in [1.807, 2.05) is 0 Å². The first kappa shape index (κ1) is 13.5. The minimum atomic E-state index is -0.488. The normalized spacial score (nSPS) is 10.3. The average Bonchev–Trinajstić information content (AvgIpc) is 2.26. The van der Waals surface area contributed by atoms with Gasteiger partial charge in [-0.05, 0) is 42.8 Å². The molecule has 0 aliphatic carbocycles. The van der Waals surface area contributed by atoms with Crippen molar-refractivity contribution in [3.63, 3.8) is 0 Å². The van der Waals surface area contributed by atoms with Crippen LogP contribution in [0, 0.1) is 12.7 Å². The number of hydrogen-bond acceptors (Lipinski definition) is 2. The fraction of sp³-hybridized carbons (Fsp3) is 0.0714. The van der Waals surface area contributed by atoms with E-state index in [0.717, 1.165) is 0 Å². The molecule has 0 saturated heterocycles. The third-order valence-corrected chi connectivity index (χ3v) is 2.99. The molecule has 98 valence electrons. The van der Waals surface area contributed by atoms with Gasteiger partial charge in [-0.3, -0.25) is 4.79 Å². The molecule has 0 fully saturated rings. The highest BCUT2D eigenvalue weighted by atomic mass is 79.9. The van der Waals surface area contributed by atoms with E-state index in [4.69, 9.17) is 10.5 Å². The first-order valence-electron chi connectivity index (χ1n) is 5.50. The lowest BCUT2D eigenvalue weighted by atomic mass is 10.1. The molecule has 0 spiro atoms. The lowest BCUT2D eigenvalue weighted by molar-refractivity contribution is 0.0999. The second-order valence-electron chi connectivity index (χ2n) is 4.05. The number of ether oxygens (including phenoxy) is 1. The number of benzene rings is 2. The van der Waals surface area contributed by atoms with Gasteiger partial charge in [-0.25, -0.2) is 4.39 Å². The monoisotopic (exact) mass is 323 g/mol. The standard InChI is InChI=1S/C14H11BrFNO2/c1-8-4-11(2-3-13(8)14(17)18)19-12-6-9(15)5-10(16)7-12/h2-7H,1H3,(H2,17,18). The van der Waals surface area contributed by atoms with E-state index in [1.165, 1.54) is 12.1 Å². The number of carbonyl (C=O) groups is 1. The Morgan fingerprint density at radius 2 is 1.95 bits per heavy atom. The van der Waals surface area contributed by atoms with Gasteiger partial charge in [0.15, 0.2) is 0 Å². The van der Waals surface area contributed by atoms with Crippen molar-refractivity contribution < 1.29 is 13.9 Å². The molecular weight excluding hydrogens is 313 g/mol.